The van der Waals surface area contributed by atoms with E-state index < -0.39 is 23.7 Å². The van der Waals surface area contributed by atoms with Crippen LogP contribution in [-0.4, -0.2) is 41.7 Å². The summed E-state index contributed by atoms with van der Waals surface area (Å²) in [6, 6.07) is 8.76. The summed E-state index contributed by atoms with van der Waals surface area (Å²) < 4.78 is 57.6. The van der Waals surface area contributed by atoms with Crippen molar-refractivity contribution in [2.24, 2.45) is 0 Å². The molecule has 0 amide bonds. The summed E-state index contributed by atoms with van der Waals surface area (Å²) in [4.78, 5) is 0. The maximum atomic E-state index is 14.5. The minimum absolute atomic E-state index is 0.0611. The lowest BCUT2D eigenvalue weighted by Crippen LogP contribution is -2.24. The second-order valence-corrected chi connectivity index (χ2v) is 6.12. The van der Waals surface area contributed by atoms with Crippen LogP contribution in [0, 0.1) is 5.82 Å². The minimum Gasteiger partial charge on any atom is -0.389 e. The van der Waals surface area contributed by atoms with Crippen LogP contribution in [0.3, 0.4) is 0 Å². The molecule has 0 aliphatic heterocycles. The largest absolute Gasteiger partial charge is 0.416 e. The average Bonchev–Trinajstić information content (AvgIpc) is 2.66. The molecule has 2 N–H and O–H groups in total. The number of nitrogens with zero attached hydrogens (tertiary/aromatic N) is 2. The molecule has 0 saturated heterocycles. The van der Waals surface area contributed by atoms with Gasteiger partial charge in [0.05, 0.1) is 23.7 Å². The Labute approximate surface area is 158 Å². The van der Waals surface area contributed by atoms with Gasteiger partial charge >= 0.3 is 6.18 Å². The normalized spacial score (nSPS) is 12.9. The fraction of sp³-hybridized carbons (Fsp3) is 0.263. The molecule has 2 aromatic carbocycles. The molecular weight excluding hydrogens is 378 g/mol. The van der Waals surface area contributed by atoms with E-state index in [4.69, 9.17) is 4.74 Å². The number of nitrogens with one attached hydrogen (secondary N) is 1. The summed E-state index contributed by atoms with van der Waals surface area (Å²) in [5, 5.41) is 21.1. The van der Waals surface area contributed by atoms with Gasteiger partial charge in [0.15, 0.2) is 5.82 Å². The number of ether oxygens (including phenoxy) is 1. The summed E-state index contributed by atoms with van der Waals surface area (Å²) >= 11 is 0. The summed E-state index contributed by atoms with van der Waals surface area (Å²) in [5.74, 6) is -0.441. The zero-order valence-corrected chi connectivity index (χ0v) is 14.8. The third-order valence-electron chi connectivity index (χ3n) is 4.11. The van der Waals surface area contributed by atoms with Crippen LogP contribution in [-0.2, 0) is 10.9 Å². The molecule has 0 bridgehead atoms. The number of aliphatic hydroxyl groups is 1. The average molecular weight is 395 g/mol. The van der Waals surface area contributed by atoms with Crippen molar-refractivity contribution < 1.29 is 27.4 Å². The number of alkyl halides is 3. The van der Waals surface area contributed by atoms with E-state index in [1.54, 1.807) is 6.07 Å². The Morgan fingerprint density at radius 3 is 2.46 bits per heavy atom. The number of benzene rings is 2. The molecule has 1 atom stereocenters. The van der Waals surface area contributed by atoms with Crippen LogP contribution in [0.25, 0.3) is 22.0 Å². The Morgan fingerprint density at radius 2 is 1.82 bits per heavy atom. The smallest absolute Gasteiger partial charge is 0.389 e. The molecule has 9 heteroatoms. The first-order chi connectivity index (χ1) is 13.3. The molecule has 0 spiro atoms. The molecule has 3 rings (SSSR count). The van der Waals surface area contributed by atoms with Gasteiger partial charge in [0.2, 0.25) is 0 Å². The van der Waals surface area contributed by atoms with Gasteiger partial charge in [0.25, 0.3) is 0 Å². The molecule has 5 nitrogen and oxygen atoms in total. The topological polar surface area (TPSA) is 67.3 Å². The van der Waals surface area contributed by atoms with Crippen molar-refractivity contribution in [3.05, 3.63) is 53.8 Å². The first-order valence-electron chi connectivity index (χ1n) is 8.34. The zero-order chi connectivity index (χ0) is 20.3. The first kappa shape index (κ1) is 20.0. The van der Waals surface area contributed by atoms with E-state index in [0.717, 1.165) is 12.1 Å². The van der Waals surface area contributed by atoms with Gasteiger partial charge in [-0.3, -0.25) is 0 Å². The number of hydrogen-bond donors (Lipinski definition) is 2. The lowest BCUT2D eigenvalue weighted by molar-refractivity contribution is -0.137. The van der Waals surface area contributed by atoms with Gasteiger partial charge in [0, 0.05) is 24.6 Å². The molecule has 28 heavy (non-hydrogen) atoms. The third-order valence-corrected chi connectivity index (χ3v) is 4.11. The molecule has 0 unspecified atom stereocenters. The number of methoxy groups -OCH3 is 1. The third kappa shape index (κ3) is 4.20. The minimum atomic E-state index is -4.45. The summed E-state index contributed by atoms with van der Waals surface area (Å²) in [7, 11) is 1.44. The Morgan fingerprint density at radius 1 is 1.11 bits per heavy atom. The van der Waals surface area contributed by atoms with Crippen molar-refractivity contribution >= 4 is 16.6 Å². The van der Waals surface area contributed by atoms with Gasteiger partial charge in [-0.15, -0.1) is 10.2 Å². The number of anilines is 1. The van der Waals surface area contributed by atoms with E-state index in [-0.39, 0.29) is 30.0 Å². The van der Waals surface area contributed by atoms with Crippen molar-refractivity contribution in [1.29, 1.82) is 0 Å². The standard InChI is InChI=1S/C19H17F4N3O2/c1-28-10-13(27)9-24-18-16-14(3-2-4-15(16)20)17(25-26-18)11-5-7-12(8-6-11)19(21,22)23/h2-8,13,27H,9-10H2,1H3,(H,24,26)/t13-/m0/s1. The molecule has 0 saturated carbocycles. The monoisotopic (exact) mass is 395 g/mol. The molecule has 1 heterocycles. The zero-order valence-electron chi connectivity index (χ0n) is 14.8. The highest BCUT2D eigenvalue weighted by Gasteiger charge is 2.30. The number of fused-ring (bicyclic) bond motifs is 1. The maximum absolute atomic E-state index is 14.5. The summed E-state index contributed by atoms with van der Waals surface area (Å²) in [6.45, 7) is 0.149. The Bertz CT molecular complexity index is 962. The molecule has 0 fully saturated rings. The van der Waals surface area contributed by atoms with E-state index >= 15 is 0 Å². The summed E-state index contributed by atoms with van der Waals surface area (Å²) in [5.41, 5.74) is -0.154. The van der Waals surface area contributed by atoms with Gasteiger partial charge in [-0.2, -0.15) is 13.2 Å². The summed E-state index contributed by atoms with van der Waals surface area (Å²) in [6.07, 6.45) is -5.28. The van der Waals surface area contributed by atoms with Crippen LogP contribution in [0.2, 0.25) is 0 Å². The number of aliphatic hydroxyl groups excluding tert-OH is 1. The van der Waals surface area contributed by atoms with E-state index in [1.807, 2.05) is 0 Å². The fourth-order valence-electron chi connectivity index (χ4n) is 2.79. The molecule has 0 aliphatic carbocycles. The van der Waals surface area contributed by atoms with Gasteiger partial charge < -0.3 is 15.2 Å². The predicted octanol–water partition coefficient (Wildman–Crippen LogP) is 3.87. The number of rotatable bonds is 6. The lowest BCUT2D eigenvalue weighted by atomic mass is 10.0. The number of hydrogen-bond acceptors (Lipinski definition) is 5. The van der Waals surface area contributed by atoms with Crippen molar-refractivity contribution in [3.63, 3.8) is 0 Å². The molecule has 148 valence electrons. The van der Waals surface area contributed by atoms with Gasteiger partial charge in [0.1, 0.15) is 11.5 Å². The Balaban J connectivity index is 2.01. The van der Waals surface area contributed by atoms with E-state index in [9.17, 15) is 22.7 Å². The van der Waals surface area contributed by atoms with Crippen molar-refractivity contribution in [1.82, 2.24) is 10.2 Å². The van der Waals surface area contributed by atoms with Crippen LogP contribution in [0.1, 0.15) is 5.56 Å². The fourth-order valence-corrected chi connectivity index (χ4v) is 2.79. The van der Waals surface area contributed by atoms with Crippen LogP contribution in [0.4, 0.5) is 23.4 Å². The maximum Gasteiger partial charge on any atom is 0.416 e. The van der Waals surface area contributed by atoms with Crippen molar-refractivity contribution in [2.75, 3.05) is 25.6 Å². The number of aromatic nitrogens is 2. The molecule has 0 radical (unpaired) electrons. The van der Waals surface area contributed by atoms with Crippen molar-refractivity contribution in [3.8, 4) is 11.3 Å². The van der Waals surface area contributed by atoms with Crippen LogP contribution < -0.4 is 5.32 Å². The molecule has 1 aromatic heterocycles. The second-order valence-electron chi connectivity index (χ2n) is 6.12. The molecule has 0 aliphatic rings. The number of halogens is 4. The highest BCUT2D eigenvalue weighted by molar-refractivity contribution is 6.00. The first-order valence-corrected chi connectivity index (χ1v) is 8.34. The highest BCUT2D eigenvalue weighted by atomic mass is 19.4. The van der Waals surface area contributed by atoms with Crippen LogP contribution in [0.5, 0.6) is 0 Å². The Kier molecular flexibility index (Phi) is 5.76. The SMILES string of the molecule is COC[C@@H](O)CNc1nnc(-c2ccc(C(F)(F)F)cc2)c2cccc(F)c12. The second kappa shape index (κ2) is 8.07. The van der Waals surface area contributed by atoms with Gasteiger partial charge in [-0.05, 0) is 18.2 Å². The lowest BCUT2D eigenvalue weighted by Gasteiger charge is -2.14. The Hall–Kier alpha value is -2.78. The van der Waals surface area contributed by atoms with Gasteiger partial charge in [-0.1, -0.05) is 24.3 Å². The van der Waals surface area contributed by atoms with Crippen LogP contribution >= 0.6 is 0 Å². The van der Waals surface area contributed by atoms with Crippen LogP contribution in [0.15, 0.2) is 42.5 Å². The molecule has 3 aromatic rings. The van der Waals surface area contributed by atoms with Gasteiger partial charge in [-0.25, -0.2) is 4.39 Å². The van der Waals surface area contributed by atoms with E-state index in [0.29, 0.717) is 10.9 Å². The quantitative estimate of drug-likeness (QED) is 0.620. The van der Waals surface area contributed by atoms with E-state index in [2.05, 4.69) is 15.5 Å². The van der Waals surface area contributed by atoms with Crippen molar-refractivity contribution in [2.45, 2.75) is 12.3 Å². The van der Waals surface area contributed by atoms with E-state index in [1.165, 1.54) is 31.4 Å². The molecular formula is C19H17F4N3O2. The predicted molar refractivity (Wildman–Crippen MR) is 96.3 cm³/mol. The highest BCUT2D eigenvalue weighted by Crippen LogP contribution is 2.34.